The Morgan fingerprint density at radius 3 is 2.63 bits per heavy atom. The third kappa shape index (κ3) is 4.22. The fourth-order valence-electron chi connectivity index (χ4n) is 3.47. The van der Waals surface area contributed by atoms with E-state index < -0.39 is 11.9 Å². The van der Waals surface area contributed by atoms with E-state index in [0.29, 0.717) is 30.1 Å². The summed E-state index contributed by atoms with van der Waals surface area (Å²) in [5, 5.41) is 9.79. The largest absolute Gasteiger partial charge is 0.481 e. The Morgan fingerprint density at radius 2 is 1.96 bits per heavy atom. The maximum Gasteiger partial charge on any atom is 0.306 e. The van der Waals surface area contributed by atoms with Crippen LogP contribution in [0.25, 0.3) is 0 Å². The maximum absolute atomic E-state index is 12.8. The summed E-state index contributed by atoms with van der Waals surface area (Å²) in [6, 6.07) is 10.1. The molecule has 1 aromatic heterocycles. The zero-order valence-corrected chi connectivity index (χ0v) is 15.7. The van der Waals surface area contributed by atoms with Gasteiger partial charge in [0.2, 0.25) is 0 Å². The molecular formula is C20H21ClN2O4. The molecule has 2 aromatic rings. The van der Waals surface area contributed by atoms with E-state index in [-0.39, 0.29) is 23.9 Å². The van der Waals surface area contributed by atoms with Gasteiger partial charge in [-0.25, -0.2) is 0 Å². The van der Waals surface area contributed by atoms with Crippen LogP contribution in [0.1, 0.15) is 29.3 Å². The lowest BCUT2D eigenvalue weighted by Crippen LogP contribution is -2.45. The van der Waals surface area contributed by atoms with Gasteiger partial charge in [-0.2, -0.15) is 0 Å². The number of carboxylic acids is 1. The Balaban J connectivity index is 1.79. The van der Waals surface area contributed by atoms with Crippen molar-refractivity contribution in [1.82, 2.24) is 9.47 Å². The van der Waals surface area contributed by atoms with Gasteiger partial charge in [-0.05, 0) is 30.0 Å². The van der Waals surface area contributed by atoms with E-state index in [1.54, 1.807) is 17.2 Å². The van der Waals surface area contributed by atoms with Crippen LogP contribution in [-0.2, 0) is 11.3 Å². The number of piperidine rings is 1. The van der Waals surface area contributed by atoms with Gasteiger partial charge < -0.3 is 14.6 Å². The van der Waals surface area contributed by atoms with Crippen LogP contribution < -0.4 is 5.56 Å². The molecule has 0 spiro atoms. The minimum absolute atomic E-state index is 0.116. The number of halogens is 1. The molecule has 7 heteroatoms. The standard InChI is InChI=1S/C20H21ClN2O4/c1-13-10-22(9-8-16(13)20(26)27)19(25)15-6-7-18(24)23(12-15)11-14-4-2-3-5-17(14)21/h2-7,12-13,16H,8-11H2,1H3,(H,26,27). The van der Waals surface area contributed by atoms with Crippen molar-refractivity contribution < 1.29 is 14.7 Å². The van der Waals surface area contributed by atoms with Gasteiger partial charge in [0, 0.05) is 30.4 Å². The van der Waals surface area contributed by atoms with Crippen LogP contribution >= 0.6 is 11.6 Å². The molecule has 1 aliphatic heterocycles. The molecule has 1 N–H and O–H groups in total. The highest BCUT2D eigenvalue weighted by molar-refractivity contribution is 6.31. The van der Waals surface area contributed by atoms with E-state index in [1.165, 1.54) is 16.7 Å². The minimum Gasteiger partial charge on any atom is -0.481 e. The molecule has 2 unspecified atom stereocenters. The fraction of sp³-hybridized carbons (Fsp3) is 0.350. The molecule has 1 fully saturated rings. The fourth-order valence-corrected chi connectivity index (χ4v) is 3.67. The number of carbonyl (C=O) groups excluding carboxylic acids is 1. The molecule has 1 aliphatic rings. The van der Waals surface area contributed by atoms with Crippen molar-refractivity contribution in [2.45, 2.75) is 19.9 Å². The Labute approximate surface area is 162 Å². The molecule has 0 radical (unpaired) electrons. The monoisotopic (exact) mass is 388 g/mol. The van der Waals surface area contributed by atoms with Crippen LogP contribution in [-0.4, -0.2) is 39.5 Å². The molecule has 0 saturated carbocycles. The number of likely N-dealkylation sites (tertiary alicyclic amines) is 1. The molecule has 2 atom stereocenters. The summed E-state index contributed by atoms with van der Waals surface area (Å²) < 4.78 is 1.46. The van der Waals surface area contributed by atoms with E-state index in [1.807, 2.05) is 25.1 Å². The quantitative estimate of drug-likeness (QED) is 0.873. The number of rotatable bonds is 4. The number of amides is 1. The Kier molecular flexibility index (Phi) is 5.65. The number of pyridine rings is 1. The number of benzene rings is 1. The second kappa shape index (κ2) is 7.96. The van der Waals surface area contributed by atoms with E-state index in [4.69, 9.17) is 11.6 Å². The van der Waals surface area contributed by atoms with Gasteiger partial charge in [0.05, 0.1) is 18.0 Å². The first-order valence-corrected chi connectivity index (χ1v) is 9.20. The van der Waals surface area contributed by atoms with Crippen LogP contribution in [0.15, 0.2) is 47.4 Å². The number of carbonyl (C=O) groups is 2. The first-order chi connectivity index (χ1) is 12.9. The van der Waals surface area contributed by atoms with Crippen LogP contribution in [0.5, 0.6) is 0 Å². The van der Waals surface area contributed by atoms with Crippen molar-refractivity contribution in [1.29, 1.82) is 0 Å². The minimum atomic E-state index is -0.817. The summed E-state index contributed by atoms with van der Waals surface area (Å²) in [4.78, 5) is 37.9. The molecule has 3 rings (SSSR count). The maximum atomic E-state index is 12.8. The van der Waals surface area contributed by atoms with Crippen molar-refractivity contribution >= 4 is 23.5 Å². The summed E-state index contributed by atoms with van der Waals surface area (Å²) >= 11 is 6.17. The summed E-state index contributed by atoms with van der Waals surface area (Å²) in [6.07, 6.45) is 1.98. The van der Waals surface area contributed by atoms with E-state index in [0.717, 1.165) is 5.56 Å². The molecule has 1 aromatic carbocycles. The van der Waals surface area contributed by atoms with E-state index >= 15 is 0 Å². The van der Waals surface area contributed by atoms with E-state index in [2.05, 4.69) is 0 Å². The molecular weight excluding hydrogens is 368 g/mol. The smallest absolute Gasteiger partial charge is 0.306 e. The van der Waals surface area contributed by atoms with Gasteiger partial charge in [0.25, 0.3) is 11.5 Å². The number of hydrogen-bond acceptors (Lipinski definition) is 3. The molecule has 1 amide bonds. The summed E-state index contributed by atoms with van der Waals surface area (Å²) in [5.74, 6) is -1.56. The van der Waals surface area contributed by atoms with Gasteiger partial charge >= 0.3 is 5.97 Å². The molecule has 27 heavy (non-hydrogen) atoms. The predicted molar refractivity (Wildman–Crippen MR) is 102 cm³/mol. The van der Waals surface area contributed by atoms with Crippen molar-refractivity contribution in [3.8, 4) is 0 Å². The number of aliphatic carboxylic acids is 1. The average molecular weight is 389 g/mol. The summed E-state index contributed by atoms with van der Waals surface area (Å²) in [6.45, 7) is 2.90. The highest BCUT2D eigenvalue weighted by atomic mass is 35.5. The number of aromatic nitrogens is 1. The molecule has 142 valence electrons. The first kappa shape index (κ1) is 19.2. The third-order valence-corrected chi connectivity index (χ3v) is 5.41. The second-order valence-corrected chi connectivity index (χ2v) is 7.34. The highest BCUT2D eigenvalue weighted by Crippen LogP contribution is 2.24. The van der Waals surface area contributed by atoms with Gasteiger partial charge in [-0.15, -0.1) is 0 Å². The van der Waals surface area contributed by atoms with E-state index in [9.17, 15) is 19.5 Å². The molecule has 0 aliphatic carbocycles. The van der Waals surface area contributed by atoms with Crippen LogP contribution in [0.4, 0.5) is 0 Å². The molecule has 1 saturated heterocycles. The number of hydrogen-bond donors (Lipinski definition) is 1. The average Bonchev–Trinajstić information content (AvgIpc) is 2.64. The first-order valence-electron chi connectivity index (χ1n) is 8.83. The van der Waals surface area contributed by atoms with Gasteiger partial charge in [-0.3, -0.25) is 14.4 Å². The van der Waals surface area contributed by atoms with Crippen molar-refractivity contribution in [3.63, 3.8) is 0 Å². The van der Waals surface area contributed by atoms with Crippen molar-refractivity contribution in [2.24, 2.45) is 11.8 Å². The van der Waals surface area contributed by atoms with Crippen LogP contribution in [0.2, 0.25) is 5.02 Å². The lowest BCUT2D eigenvalue weighted by atomic mass is 9.87. The zero-order chi connectivity index (χ0) is 19.6. The highest BCUT2D eigenvalue weighted by Gasteiger charge is 2.33. The predicted octanol–water partition coefficient (Wildman–Crippen LogP) is 2.73. The van der Waals surface area contributed by atoms with Crippen LogP contribution in [0.3, 0.4) is 0 Å². The van der Waals surface area contributed by atoms with Crippen molar-refractivity contribution in [2.75, 3.05) is 13.1 Å². The normalized spacial score (nSPS) is 19.7. The third-order valence-electron chi connectivity index (χ3n) is 5.04. The lowest BCUT2D eigenvalue weighted by Gasteiger charge is -2.35. The molecule has 6 nitrogen and oxygen atoms in total. The lowest BCUT2D eigenvalue weighted by molar-refractivity contribution is -0.145. The molecule has 0 bridgehead atoms. The Hall–Kier alpha value is -2.60. The number of carboxylic acid groups (broad SMARTS) is 1. The topological polar surface area (TPSA) is 79.6 Å². The Bertz CT molecular complexity index is 924. The Morgan fingerprint density at radius 1 is 1.22 bits per heavy atom. The SMILES string of the molecule is CC1CN(C(=O)c2ccc(=O)n(Cc3ccccc3Cl)c2)CCC1C(=O)O. The molecule has 2 heterocycles. The number of nitrogens with zero attached hydrogens (tertiary/aromatic N) is 2. The summed E-state index contributed by atoms with van der Waals surface area (Å²) in [7, 11) is 0. The van der Waals surface area contributed by atoms with Gasteiger partial charge in [-0.1, -0.05) is 36.7 Å². The zero-order valence-electron chi connectivity index (χ0n) is 15.0. The van der Waals surface area contributed by atoms with Gasteiger partial charge in [0.1, 0.15) is 0 Å². The van der Waals surface area contributed by atoms with Crippen molar-refractivity contribution in [3.05, 3.63) is 69.1 Å². The second-order valence-electron chi connectivity index (χ2n) is 6.94. The van der Waals surface area contributed by atoms with Gasteiger partial charge in [0.15, 0.2) is 0 Å². The summed E-state index contributed by atoms with van der Waals surface area (Å²) in [5.41, 5.74) is 0.980. The van der Waals surface area contributed by atoms with Crippen LogP contribution in [0, 0.1) is 11.8 Å².